The molecule has 1 heterocycles. The molecule has 0 saturated carbocycles. The number of aliphatic imine (C=N–C) groups is 1. The molecule has 1 unspecified atom stereocenters. The smallest absolute Gasteiger partial charge is 0.194 e. The van der Waals surface area contributed by atoms with E-state index in [1.54, 1.807) is 7.11 Å². The van der Waals surface area contributed by atoms with Crippen LogP contribution in [0.4, 0.5) is 0 Å². The first kappa shape index (κ1) is 19.9. The van der Waals surface area contributed by atoms with E-state index in [2.05, 4.69) is 48.0 Å². The number of thioether (sulfide) groups is 1. The molecular weight excluding hydrogens is 334 g/mol. The van der Waals surface area contributed by atoms with Gasteiger partial charge in [0.05, 0.1) is 13.2 Å². The highest BCUT2D eigenvalue weighted by Crippen LogP contribution is 2.21. The van der Waals surface area contributed by atoms with Gasteiger partial charge in [-0.2, -0.15) is 11.8 Å². The Kier molecular flexibility index (Phi) is 8.97. The van der Waals surface area contributed by atoms with E-state index < -0.39 is 0 Å². The molecule has 1 fully saturated rings. The lowest BCUT2D eigenvalue weighted by Crippen LogP contribution is -2.48. The second-order valence-corrected chi connectivity index (χ2v) is 7.41. The Balaban J connectivity index is 1.99. The van der Waals surface area contributed by atoms with Gasteiger partial charge in [-0.1, -0.05) is 19.1 Å². The molecule has 0 amide bonds. The lowest BCUT2D eigenvalue weighted by atomic mass is 10.2. The number of nitrogens with one attached hydrogen (secondary N) is 1. The molecule has 1 aromatic carbocycles. The zero-order chi connectivity index (χ0) is 17.9. The third-order valence-electron chi connectivity index (χ3n) is 4.09. The fraction of sp³-hybridized carbons (Fsp3) is 0.632. The lowest BCUT2D eigenvalue weighted by molar-refractivity contribution is 0.146. The SMILES string of the molecule is CCNC(=NCc1cccc(OCCOC)c1)N1CCSC(CC)C1. The van der Waals surface area contributed by atoms with Crippen LogP contribution in [0.3, 0.4) is 0 Å². The molecule has 2 rings (SSSR count). The number of hydrogen-bond donors (Lipinski definition) is 1. The van der Waals surface area contributed by atoms with Crippen molar-refractivity contribution in [2.24, 2.45) is 4.99 Å². The minimum Gasteiger partial charge on any atom is -0.491 e. The predicted octanol–water partition coefficient (Wildman–Crippen LogP) is 3.00. The molecule has 1 aromatic rings. The highest BCUT2D eigenvalue weighted by molar-refractivity contribution is 8.00. The summed E-state index contributed by atoms with van der Waals surface area (Å²) >= 11 is 2.08. The van der Waals surface area contributed by atoms with Crippen molar-refractivity contribution < 1.29 is 9.47 Å². The summed E-state index contributed by atoms with van der Waals surface area (Å²) in [5.41, 5.74) is 1.16. The summed E-state index contributed by atoms with van der Waals surface area (Å²) in [5.74, 6) is 3.06. The van der Waals surface area contributed by atoms with Crippen molar-refractivity contribution in [3.8, 4) is 5.75 Å². The summed E-state index contributed by atoms with van der Waals surface area (Å²) in [6.07, 6.45) is 1.21. The first-order valence-electron chi connectivity index (χ1n) is 9.12. The van der Waals surface area contributed by atoms with Gasteiger partial charge >= 0.3 is 0 Å². The van der Waals surface area contributed by atoms with Crippen molar-refractivity contribution in [3.05, 3.63) is 29.8 Å². The minimum absolute atomic E-state index is 0.565. The van der Waals surface area contributed by atoms with Gasteiger partial charge in [0.15, 0.2) is 5.96 Å². The fourth-order valence-electron chi connectivity index (χ4n) is 2.73. The Labute approximate surface area is 156 Å². The van der Waals surface area contributed by atoms with Crippen LogP contribution < -0.4 is 10.1 Å². The molecule has 0 aromatic heterocycles. The van der Waals surface area contributed by atoms with Crippen LogP contribution in [-0.2, 0) is 11.3 Å². The van der Waals surface area contributed by atoms with Gasteiger partial charge in [-0.05, 0) is 31.0 Å². The number of guanidine groups is 1. The zero-order valence-corrected chi connectivity index (χ0v) is 16.5. The van der Waals surface area contributed by atoms with E-state index in [4.69, 9.17) is 14.5 Å². The molecule has 6 heteroatoms. The first-order valence-corrected chi connectivity index (χ1v) is 10.2. The summed E-state index contributed by atoms with van der Waals surface area (Å²) in [6, 6.07) is 8.15. The molecule has 0 aliphatic carbocycles. The first-order chi connectivity index (χ1) is 12.3. The number of hydrogen-bond acceptors (Lipinski definition) is 4. The van der Waals surface area contributed by atoms with E-state index in [9.17, 15) is 0 Å². The quantitative estimate of drug-likeness (QED) is 0.436. The van der Waals surface area contributed by atoms with Crippen LogP contribution in [-0.4, -0.2) is 61.8 Å². The van der Waals surface area contributed by atoms with E-state index in [0.29, 0.717) is 25.0 Å². The monoisotopic (exact) mass is 365 g/mol. The third kappa shape index (κ3) is 6.78. The number of methoxy groups -OCH3 is 1. The Bertz CT molecular complexity index is 539. The van der Waals surface area contributed by atoms with Gasteiger partial charge in [-0.25, -0.2) is 4.99 Å². The maximum atomic E-state index is 5.68. The number of ether oxygens (including phenoxy) is 2. The maximum Gasteiger partial charge on any atom is 0.194 e. The van der Waals surface area contributed by atoms with E-state index in [1.807, 2.05) is 12.1 Å². The van der Waals surface area contributed by atoms with Gasteiger partial charge in [0, 0.05) is 37.7 Å². The zero-order valence-electron chi connectivity index (χ0n) is 15.7. The molecule has 0 bridgehead atoms. The van der Waals surface area contributed by atoms with Crippen molar-refractivity contribution in [2.75, 3.05) is 45.7 Å². The molecule has 140 valence electrons. The van der Waals surface area contributed by atoms with Gasteiger partial charge < -0.3 is 19.7 Å². The summed E-state index contributed by atoms with van der Waals surface area (Å²) in [4.78, 5) is 7.25. The summed E-state index contributed by atoms with van der Waals surface area (Å²) in [6.45, 7) is 9.23. The van der Waals surface area contributed by atoms with Crippen LogP contribution in [0.2, 0.25) is 0 Å². The highest BCUT2D eigenvalue weighted by Gasteiger charge is 2.21. The van der Waals surface area contributed by atoms with E-state index >= 15 is 0 Å². The van der Waals surface area contributed by atoms with Crippen LogP contribution in [0.25, 0.3) is 0 Å². The molecule has 5 nitrogen and oxygen atoms in total. The molecular formula is C19H31N3O2S. The van der Waals surface area contributed by atoms with Crippen LogP contribution in [0.15, 0.2) is 29.3 Å². The molecule has 25 heavy (non-hydrogen) atoms. The molecule has 0 spiro atoms. The molecule has 0 radical (unpaired) electrons. The largest absolute Gasteiger partial charge is 0.491 e. The number of rotatable bonds is 8. The molecule has 1 aliphatic rings. The van der Waals surface area contributed by atoms with Crippen LogP contribution in [0, 0.1) is 0 Å². The summed E-state index contributed by atoms with van der Waals surface area (Å²) < 4.78 is 10.7. The van der Waals surface area contributed by atoms with Gasteiger partial charge in [0.25, 0.3) is 0 Å². The topological polar surface area (TPSA) is 46.1 Å². The van der Waals surface area contributed by atoms with E-state index in [1.165, 1.54) is 12.2 Å². The maximum absolute atomic E-state index is 5.68. The normalized spacial score (nSPS) is 18.3. The van der Waals surface area contributed by atoms with Gasteiger partial charge in [0.2, 0.25) is 0 Å². The van der Waals surface area contributed by atoms with Crippen LogP contribution in [0.5, 0.6) is 5.75 Å². The molecule has 1 aliphatic heterocycles. The number of nitrogens with zero attached hydrogens (tertiary/aromatic N) is 2. The van der Waals surface area contributed by atoms with Crippen LogP contribution in [0.1, 0.15) is 25.8 Å². The minimum atomic E-state index is 0.565. The second kappa shape index (κ2) is 11.3. The van der Waals surface area contributed by atoms with Crippen molar-refractivity contribution in [3.63, 3.8) is 0 Å². The third-order valence-corrected chi connectivity index (χ3v) is 5.47. The average molecular weight is 366 g/mol. The second-order valence-electron chi connectivity index (χ2n) is 6.01. The standard InChI is InChI=1S/C19H31N3O2S/c1-4-18-15-22(9-12-25-18)19(20-5-2)21-14-16-7-6-8-17(13-16)24-11-10-23-3/h6-8,13,18H,4-5,9-12,14-15H2,1-3H3,(H,20,21). The van der Waals surface area contributed by atoms with Crippen molar-refractivity contribution in [1.29, 1.82) is 0 Å². The Morgan fingerprint density at radius 3 is 3.00 bits per heavy atom. The molecule has 1 N–H and O–H groups in total. The molecule has 1 atom stereocenters. The van der Waals surface area contributed by atoms with Crippen molar-refractivity contribution in [2.45, 2.75) is 32.1 Å². The Hall–Kier alpha value is -1.40. The van der Waals surface area contributed by atoms with E-state index in [0.717, 1.165) is 36.9 Å². The lowest BCUT2D eigenvalue weighted by Gasteiger charge is -2.34. The van der Waals surface area contributed by atoms with Crippen molar-refractivity contribution in [1.82, 2.24) is 10.2 Å². The Morgan fingerprint density at radius 1 is 1.36 bits per heavy atom. The summed E-state index contributed by atoms with van der Waals surface area (Å²) in [5, 5.41) is 4.15. The number of benzene rings is 1. The van der Waals surface area contributed by atoms with Crippen molar-refractivity contribution >= 4 is 17.7 Å². The average Bonchev–Trinajstić information content (AvgIpc) is 2.66. The van der Waals surface area contributed by atoms with Gasteiger partial charge in [-0.3, -0.25) is 0 Å². The molecule has 1 saturated heterocycles. The van der Waals surface area contributed by atoms with E-state index in [-0.39, 0.29) is 0 Å². The van der Waals surface area contributed by atoms with Gasteiger partial charge in [-0.15, -0.1) is 0 Å². The summed E-state index contributed by atoms with van der Waals surface area (Å²) in [7, 11) is 1.68. The van der Waals surface area contributed by atoms with Crippen LogP contribution >= 0.6 is 11.8 Å². The van der Waals surface area contributed by atoms with Gasteiger partial charge in [0.1, 0.15) is 12.4 Å². The highest BCUT2D eigenvalue weighted by atomic mass is 32.2. The predicted molar refractivity (Wildman–Crippen MR) is 107 cm³/mol. The fourth-order valence-corrected chi connectivity index (χ4v) is 3.91. The Morgan fingerprint density at radius 2 is 2.24 bits per heavy atom.